The summed E-state index contributed by atoms with van der Waals surface area (Å²) in [4.78, 5) is 25.0. The Morgan fingerprint density at radius 3 is 2.48 bits per heavy atom. The molecule has 1 aromatic heterocycles. The Labute approximate surface area is 169 Å². The number of aryl methyl sites for hydroxylation is 4. The highest BCUT2D eigenvalue weighted by Crippen LogP contribution is 2.22. The summed E-state index contributed by atoms with van der Waals surface area (Å²) in [5.74, 6) is 0.185. The molecule has 0 unspecified atom stereocenters. The van der Waals surface area contributed by atoms with Crippen molar-refractivity contribution >= 4 is 11.8 Å². The van der Waals surface area contributed by atoms with Gasteiger partial charge in [0.15, 0.2) is 6.61 Å². The van der Waals surface area contributed by atoms with Gasteiger partial charge >= 0.3 is 5.97 Å². The third kappa shape index (κ3) is 4.71. The average Bonchev–Trinajstić information content (AvgIpc) is 3.03. The fraction of sp³-hybridized carbons (Fsp3) is 0.261. The first-order valence-corrected chi connectivity index (χ1v) is 9.28. The highest BCUT2D eigenvalue weighted by atomic mass is 16.5. The van der Waals surface area contributed by atoms with Gasteiger partial charge in [0.25, 0.3) is 0 Å². The van der Waals surface area contributed by atoms with Gasteiger partial charge in [-0.1, -0.05) is 35.0 Å². The number of hydrogen-bond acceptors (Lipinski definition) is 6. The number of benzene rings is 2. The van der Waals surface area contributed by atoms with Gasteiger partial charge in [0, 0.05) is 5.56 Å². The van der Waals surface area contributed by atoms with Gasteiger partial charge in [0.05, 0.1) is 11.3 Å². The zero-order valence-corrected chi connectivity index (χ0v) is 16.9. The van der Waals surface area contributed by atoms with Crippen LogP contribution in [0.2, 0.25) is 0 Å². The van der Waals surface area contributed by atoms with Gasteiger partial charge in [-0.05, 0) is 51.5 Å². The molecule has 29 heavy (non-hydrogen) atoms. The minimum Gasteiger partial charge on any atom is -0.488 e. The van der Waals surface area contributed by atoms with E-state index >= 15 is 0 Å². The molecule has 0 N–H and O–H groups in total. The van der Waals surface area contributed by atoms with Gasteiger partial charge in [0.1, 0.15) is 23.7 Å². The summed E-state index contributed by atoms with van der Waals surface area (Å²) in [6.07, 6.45) is 0. The molecule has 0 saturated carbocycles. The lowest BCUT2D eigenvalue weighted by molar-refractivity contribution is 0.0470. The highest BCUT2D eigenvalue weighted by molar-refractivity contribution is 6.01. The zero-order chi connectivity index (χ0) is 21.0. The monoisotopic (exact) mass is 393 g/mol. The number of ether oxygens (including phenoxy) is 2. The van der Waals surface area contributed by atoms with Gasteiger partial charge in [-0.15, -0.1) is 0 Å². The molecule has 3 rings (SSSR count). The summed E-state index contributed by atoms with van der Waals surface area (Å²) in [7, 11) is 0. The molecular weight excluding hydrogens is 370 g/mol. The predicted octanol–water partition coefficient (Wildman–Crippen LogP) is 4.53. The van der Waals surface area contributed by atoms with E-state index in [1.54, 1.807) is 37.3 Å². The molecule has 3 aromatic rings. The van der Waals surface area contributed by atoms with Crippen molar-refractivity contribution in [2.24, 2.45) is 0 Å². The molecule has 0 aliphatic heterocycles. The zero-order valence-electron chi connectivity index (χ0n) is 16.9. The molecule has 0 radical (unpaired) electrons. The van der Waals surface area contributed by atoms with Crippen LogP contribution in [-0.2, 0) is 11.3 Å². The Kier molecular flexibility index (Phi) is 6.12. The average molecular weight is 393 g/mol. The van der Waals surface area contributed by atoms with E-state index in [1.165, 1.54) is 0 Å². The van der Waals surface area contributed by atoms with Crippen molar-refractivity contribution in [2.45, 2.75) is 34.3 Å². The predicted molar refractivity (Wildman–Crippen MR) is 107 cm³/mol. The van der Waals surface area contributed by atoms with E-state index in [0.29, 0.717) is 17.1 Å². The van der Waals surface area contributed by atoms with Crippen LogP contribution in [0, 0.1) is 27.7 Å². The second-order valence-electron chi connectivity index (χ2n) is 6.91. The molecule has 0 bridgehead atoms. The van der Waals surface area contributed by atoms with Crippen molar-refractivity contribution in [1.82, 2.24) is 5.16 Å². The van der Waals surface area contributed by atoms with Crippen molar-refractivity contribution < 1.29 is 23.6 Å². The molecule has 0 fully saturated rings. The molecule has 150 valence electrons. The SMILES string of the molecule is Cc1ccc(C)c(C(=O)COC(=O)c2ccccc2OCc2c(C)noc2C)c1. The summed E-state index contributed by atoms with van der Waals surface area (Å²) in [5.41, 5.74) is 4.21. The fourth-order valence-corrected chi connectivity index (χ4v) is 2.94. The number of carbonyl (C=O) groups is 2. The van der Waals surface area contributed by atoms with E-state index in [1.807, 2.05) is 32.9 Å². The minimum absolute atomic E-state index is 0.215. The number of carbonyl (C=O) groups excluding carboxylic acids is 2. The summed E-state index contributed by atoms with van der Waals surface area (Å²) in [5, 5.41) is 3.89. The molecule has 0 amide bonds. The van der Waals surface area contributed by atoms with Crippen LogP contribution in [0.25, 0.3) is 0 Å². The van der Waals surface area contributed by atoms with Gasteiger partial charge in [0.2, 0.25) is 5.78 Å². The smallest absolute Gasteiger partial charge is 0.342 e. The molecule has 1 heterocycles. The van der Waals surface area contributed by atoms with Crippen LogP contribution in [-0.4, -0.2) is 23.5 Å². The summed E-state index contributed by atoms with van der Waals surface area (Å²) >= 11 is 0. The molecule has 0 saturated heterocycles. The Balaban J connectivity index is 1.68. The summed E-state index contributed by atoms with van der Waals surface area (Å²) < 4.78 is 16.2. The van der Waals surface area contributed by atoms with Crippen molar-refractivity contribution in [3.63, 3.8) is 0 Å². The van der Waals surface area contributed by atoms with E-state index in [-0.39, 0.29) is 24.6 Å². The van der Waals surface area contributed by atoms with Gasteiger partial charge in [-0.2, -0.15) is 0 Å². The Hall–Kier alpha value is -3.41. The maximum absolute atomic E-state index is 12.6. The summed E-state index contributed by atoms with van der Waals surface area (Å²) in [6.45, 7) is 7.28. The Bertz CT molecular complexity index is 1030. The van der Waals surface area contributed by atoms with Crippen LogP contribution in [0.15, 0.2) is 47.0 Å². The first-order valence-electron chi connectivity index (χ1n) is 9.28. The fourth-order valence-electron chi connectivity index (χ4n) is 2.94. The van der Waals surface area contributed by atoms with E-state index in [4.69, 9.17) is 14.0 Å². The molecule has 6 nitrogen and oxygen atoms in total. The number of para-hydroxylation sites is 1. The highest BCUT2D eigenvalue weighted by Gasteiger charge is 2.18. The molecule has 0 atom stereocenters. The number of aromatic nitrogens is 1. The van der Waals surface area contributed by atoms with Gasteiger partial charge < -0.3 is 14.0 Å². The Morgan fingerprint density at radius 2 is 1.76 bits per heavy atom. The van der Waals surface area contributed by atoms with Crippen molar-refractivity contribution in [3.05, 3.63) is 81.7 Å². The van der Waals surface area contributed by atoms with Crippen molar-refractivity contribution in [3.8, 4) is 5.75 Å². The van der Waals surface area contributed by atoms with Crippen LogP contribution in [0.4, 0.5) is 0 Å². The van der Waals surface area contributed by atoms with Crippen molar-refractivity contribution in [1.29, 1.82) is 0 Å². The number of esters is 1. The first-order chi connectivity index (χ1) is 13.9. The standard InChI is InChI=1S/C23H23NO5/c1-14-9-10-15(2)19(11-14)21(25)13-28-23(26)18-7-5-6-8-22(18)27-12-20-16(3)24-29-17(20)4/h5-11H,12-13H2,1-4H3. The number of ketones is 1. The molecule has 6 heteroatoms. The number of rotatable bonds is 7. The molecule has 2 aromatic carbocycles. The third-order valence-electron chi connectivity index (χ3n) is 4.69. The molecular formula is C23H23NO5. The minimum atomic E-state index is -0.613. The van der Waals surface area contributed by atoms with Crippen LogP contribution in [0.5, 0.6) is 5.75 Å². The quantitative estimate of drug-likeness (QED) is 0.434. The van der Waals surface area contributed by atoms with Crippen LogP contribution >= 0.6 is 0 Å². The maximum atomic E-state index is 12.6. The van der Waals surface area contributed by atoms with Crippen LogP contribution < -0.4 is 4.74 Å². The van der Waals surface area contributed by atoms with E-state index in [9.17, 15) is 9.59 Å². The third-order valence-corrected chi connectivity index (χ3v) is 4.69. The maximum Gasteiger partial charge on any atom is 0.342 e. The topological polar surface area (TPSA) is 78.6 Å². The number of nitrogens with zero attached hydrogens (tertiary/aromatic N) is 1. The van der Waals surface area contributed by atoms with E-state index in [0.717, 1.165) is 22.4 Å². The number of hydrogen-bond donors (Lipinski definition) is 0. The van der Waals surface area contributed by atoms with Gasteiger partial charge in [-0.3, -0.25) is 4.79 Å². The van der Waals surface area contributed by atoms with Crippen LogP contribution in [0.3, 0.4) is 0 Å². The molecule has 0 spiro atoms. The second kappa shape index (κ2) is 8.73. The van der Waals surface area contributed by atoms with E-state index in [2.05, 4.69) is 5.16 Å². The lowest BCUT2D eigenvalue weighted by atomic mass is 10.0. The summed E-state index contributed by atoms with van der Waals surface area (Å²) in [6, 6.07) is 12.4. The van der Waals surface area contributed by atoms with E-state index < -0.39 is 5.97 Å². The van der Waals surface area contributed by atoms with Crippen LogP contribution in [0.1, 0.15) is 48.9 Å². The first kappa shape index (κ1) is 20.3. The lowest BCUT2D eigenvalue weighted by Gasteiger charge is -2.11. The normalized spacial score (nSPS) is 10.6. The second-order valence-corrected chi connectivity index (χ2v) is 6.91. The lowest BCUT2D eigenvalue weighted by Crippen LogP contribution is -2.16. The largest absolute Gasteiger partial charge is 0.488 e. The Morgan fingerprint density at radius 1 is 1.00 bits per heavy atom. The molecule has 0 aliphatic rings. The van der Waals surface area contributed by atoms with Gasteiger partial charge in [-0.25, -0.2) is 4.79 Å². The molecule has 0 aliphatic carbocycles. The van der Waals surface area contributed by atoms with Crippen molar-refractivity contribution in [2.75, 3.05) is 6.61 Å². The number of Topliss-reactive ketones (excluding diaryl/α,β-unsaturated/α-hetero) is 1.